The van der Waals surface area contributed by atoms with Crippen molar-refractivity contribution >= 4 is 35.0 Å². The minimum Gasteiger partial charge on any atom is -0.473 e. The van der Waals surface area contributed by atoms with Gasteiger partial charge in [0.25, 0.3) is 0 Å². The average molecular weight is 544 g/mol. The van der Waals surface area contributed by atoms with Crippen LogP contribution in [-0.4, -0.2) is 35.2 Å². The lowest BCUT2D eigenvalue weighted by atomic mass is 9.87. The molecule has 1 aliphatic rings. The Labute approximate surface area is 225 Å². The van der Waals surface area contributed by atoms with Crippen molar-refractivity contribution in [2.45, 2.75) is 58.3 Å². The van der Waals surface area contributed by atoms with Crippen LogP contribution in [-0.2, 0) is 20.8 Å². The molecule has 0 aliphatic heterocycles. The fourth-order valence-corrected chi connectivity index (χ4v) is 5.62. The van der Waals surface area contributed by atoms with Crippen molar-refractivity contribution in [3.63, 3.8) is 0 Å². The van der Waals surface area contributed by atoms with Crippen molar-refractivity contribution in [2.75, 3.05) is 7.11 Å². The molecule has 196 valence electrons. The van der Waals surface area contributed by atoms with Gasteiger partial charge in [-0.3, -0.25) is 4.79 Å². The number of thiophene rings is 1. The molecule has 0 radical (unpaired) electrons. The predicted octanol–water partition coefficient (Wildman–Crippen LogP) is 6.26. The van der Waals surface area contributed by atoms with Crippen LogP contribution in [0.4, 0.5) is 4.79 Å². The zero-order valence-electron chi connectivity index (χ0n) is 21.0. The Kier molecular flexibility index (Phi) is 9.00. The second-order valence-electron chi connectivity index (χ2n) is 8.99. The molecule has 8 nitrogen and oxygen atoms in total. The lowest BCUT2D eigenvalue weighted by Crippen LogP contribution is -2.30. The molecule has 37 heavy (non-hydrogen) atoms. The number of hydrogen-bond acceptors (Lipinski definition) is 8. The third-order valence-electron chi connectivity index (χ3n) is 6.33. The summed E-state index contributed by atoms with van der Waals surface area (Å²) in [5, 5.41) is 2.80. The molecule has 0 saturated heterocycles. The summed E-state index contributed by atoms with van der Waals surface area (Å²) in [7, 11) is 1.41. The van der Waals surface area contributed by atoms with Crippen molar-refractivity contribution in [1.29, 1.82) is 0 Å². The molecular weight excluding hydrogens is 514 g/mol. The zero-order valence-corrected chi connectivity index (χ0v) is 22.6. The van der Waals surface area contributed by atoms with Gasteiger partial charge in [-0.05, 0) is 56.7 Å². The number of alkyl carbamates (subject to hydrolysis) is 1. The smallest absolute Gasteiger partial charge is 0.408 e. The van der Waals surface area contributed by atoms with Crippen LogP contribution < -0.4 is 10.1 Å². The van der Waals surface area contributed by atoms with Crippen molar-refractivity contribution in [3.05, 3.63) is 63.8 Å². The van der Waals surface area contributed by atoms with E-state index in [1.165, 1.54) is 18.4 Å². The van der Waals surface area contributed by atoms with Gasteiger partial charge >= 0.3 is 12.1 Å². The van der Waals surface area contributed by atoms with Gasteiger partial charge in [0, 0.05) is 6.54 Å². The predicted molar refractivity (Wildman–Crippen MR) is 142 cm³/mol. The summed E-state index contributed by atoms with van der Waals surface area (Å²) >= 11 is 7.67. The van der Waals surface area contributed by atoms with Gasteiger partial charge in [0.05, 0.1) is 34.1 Å². The van der Waals surface area contributed by atoms with Gasteiger partial charge in [0.2, 0.25) is 5.88 Å². The number of carbonyl (C=O) groups is 2. The molecule has 1 fully saturated rings. The van der Waals surface area contributed by atoms with Crippen LogP contribution in [0, 0.1) is 12.8 Å². The van der Waals surface area contributed by atoms with Gasteiger partial charge in [-0.1, -0.05) is 41.9 Å². The Morgan fingerprint density at radius 1 is 1.24 bits per heavy atom. The Balaban J connectivity index is 1.39. The second kappa shape index (κ2) is 12.4. The van der Waals surface area contributed by atoms with Gasteiger partial charge in [-0.2, -0.15) is 0 Å². The Hall–Kier alpha value is -3.17. The number of carbonyl (C=O) groups excluding carboxylic acids is 2. The van der Waals surface area contributed by atoms with E-state index in [4.69, 9.17) is 30.8 Å². The summed E-state index contributed by atoms with van der Waals surface area (Å²) in [5.41, 5.74) is 3.01. The average Bonchev–Trinajstić information content (AvgIpc) is 3.29. The molecule has 1 aliphatic carbocycles. The van der Waals surface area contributed by atoms with Crippen LogP contribution in [0.25, 0.3) is 10.6 Å². The van der Waals surface area contributed by atoms with Gasteiger partial charge in [0.15, 0.2) is 0 Å². The van der Waals surface area contributed by atoms with Crippen molar-refractivity contribution < 1.29 is 23.8 Å². The number of aryl methyl sites for hydroxylation is 1. The first-order valence-corrected chi connectivity index (χ1v) is 13.4. The van der Waals surface area contributed by atoms with E-state index in [-0.39, 0.29) is 30.6 Å². The van der Waals surface area contributed by atoms with Gasteiger partial charge < -0.3 is 19.5 Å². The number of hydrogen-bond donors (Lipinski definition) is 1. The van der Waals surface area contributed by atoms with Crippen LogP contribution in [0.5, 0.6) is 5.88 Å². The second-order valence-corrected chi connectivity index (χ2v) is 10.7. The van der Waals surface area contributed by atoms with Gasteiger partial charge in [-0.15, -0.1) is 11.3 Å². The number of rotatable bonds is 8. The van der Waals surface area contributed by atoms with E-state index >= 15 is 0 Å². The van der Waals surface area contributed by atoms with Crippen molar-refractivity contribution in [1.82, 2.24) is 15.3 Å². The summed E-state index contributed by atoms with van der Waals surface area (Å²) < 4.78 is 17.1. The number of halogens is 1. The van der Waals surface area contributed by atoms with Gasteiger partial charge in [0.1, 0.15) is 17.9 Å². The van der Waals surface area contributed by atoms with E-state index in [2.05, 4.69) is 10.3 Å². The molecule has 10 heteroatoms. The zero-order chi connectivity index (χ0) is 26.4. The van der Waals surface area contributed by atoms with Crippen molar-refractivity contribution in [3.8, 4) is 16.5 Å². The van der Waals surface area contributed by atoms with Crippen LogP contribution in [0.3, 0.4) is 0 Å². The minimum absolute atomic E-state index is 0.114. The molecule has 3 aromatic rings. The summed E-state index contributed by atoms with van der Waals surface area (Å²) in [4.78, 5) is 34.3. The Morgan fingerprint density at radius 2 is 2.03 bits per heavy atom. The molecule has 2 heterocycles. The highest BCUT2D eigenvalue weighted by Gasteiger charge is 2.29. The molecule has 3 atom stereocenters. The Morgan fingerprint density at radius 3 is 2.76 bits per heavy atom. The first kappa shape index (κ1) is 26.9. The molecule has 1 aromatic carbocycles. The van der Waals surface area contributed by atoms with Crippen LogP contribution in [0.15, 0.2) is 42.6 Å². The summed E-state index contributed by atoms with van der Waals surface area (Å²) in [6.07, 6.45) is 3.79. The topological polar surface area (TPSA) is 99.6 Å². The SMILES string of the molecule is COC(=O)[C@H]1CCC[C@H](Oc2ncc(-c3sc(Cl)cc3CNC(=O)O[C@H](C)c3ccccc3)nc2C)C1. The standard InChI is InChI=1S/C27H30ClN3O5S/c1-16-25(36-21-11-7-10-19(12-21)26(32)34-3)29-15-22(31-16)24-20(13-23(28)37-24)14-30-27(33)35-17(2)18-8-5-4-6-9-18/h4-6,8-9,13,15,17,19,21H,7,10-12,14H2,1-3H3,(H,30,33)/t17-,19+,21+/m1/s1. The van der Waals surface area contributed by atoms with Crippen LogP contribution in [0.2, 0.25) is 4.34 Å². The Bertz CT molecular complexity index is 1240. The molecule has 0 bridgehead atoms. The maximum atomic E-state index is 12.4. The van der Waals surface area contributed by atoms with E-state index < -0.39 is 6.09 Å². The molecule has 1 saturated carbocycles. The normalized spacial score (nSPS) is 18.1. The number of esters is 1. The third-order valence-corrected chi connectivity index (χ3v) is 7.66. The molecule has 2 aromatic heterocycles. The number of ether oxygens (including phenoxy) is 3. The number of nitrogens with one attached hydrogen (secondary N) is 1. The lowest BCUT2D eigenvalue weighted by molar-refractivity contribution is -0.147. The van der Waals surface area contributed by atoms with E-state index in [1.54, 1.807) is 12.3 Å². The number of benzene rings is 1. The molecule has 1 N–H and O–H groups in total. The number of amides is 1. The molecule has 0 unspecified atom stereocenters. The third kappa shape index (κ3) is 6.99. The highest BCUT2D eigenvalue weighted by molar-refractivity contribution is 7.19. The minimum atomic E-state index is -0.520. The first-order chi connectivity index (χ1) is 17.8. The molecular formula is C27H30ClN3O5S. The van der Waals surface area contributed by atoms with E-state index in [9.17, 15) is 9.59 Å². The highest BCUT2D eigenvalue weighted by atomic mass is 35.5. The lowest BCUT2D eigenvalue weighted by Gasteiger charge is -2.27. The largest absolute Gasteiger partial charge is 0.473 e. The summed E-state index contributed by atoms with van der Waals surface area (Å²) in [6, 6.07) is 11.3. The van der Waals surface area contributed by atoms with Crippen molar-refractivity contribution in [2.24, 2.45) is 5.92 Å². The van der Waals surface area contributed by atoms with E-state index in [0.717, 1.165) is 35.3 Å². The first-order valence-electron chi connectivity index (χ1n) is 12.2. The molecule has 4 rings (SSSR count). The fraction of sp³-hybridized carbons (Fsp3) is 0.407. The number of methoxy groups -OCH3 is 1. The number of aromatic nitrogens is 2. The van der Waals surface area contributed by atoms with E-state index in [0.29, 0.717) is 28.0 Å². The van der Waals surface area contributed by atoms with Gasteiger partial charge in [-0.25, -0.2) is 14.8 Å². The fourth-order valence-electron chi connectivity index (χ4n) is 4.39. The van der Waals surface area contributed by atoms with Crippen LogP contribution in [0.1, 0.15) is 55.5 Å². The molecule has 1 amide bonds. The van der Waals surface area contributed by atoms with Crippen LogP contribution >= 0.6 is 22.9 Å². The monoisotopic (exact) mass is 543 g/mol. The summed E-state index contributed by atoms with van der Waals surface area (Å²) in [6.45, 7) is 3.89. The maximum Gasteiger partial charge on any atom is 0.408 e. The maximum absolute atomic E-state index is 12.4. The highest BCUT2D eigenvalue weighted by Crippen LogP contribution is 2.36. The molecule has 0 spiro atoms. The van der Waals surface area contributed by atoms with E-state index in [1.807, 2.05) is 44.2 Å². The summed E-state index contributed by atoms with van der Waals surface area (Å²) in [5.74, 6) is 0.0996. The number of nitrogens with zero attached hydrogens (tertiary/aromatic N) is 2. The quantitative estimate of drug-likeness (QED) is 0.334.